The molecule has 0 saturated heterocycles. The summed E-state index contributed by atoms with van der Waals surface area (Å²) in [5.41, 5.74) is 1.45. The van der Waals surface area contributed by atoms with Gasteiger partial charge in [-0.1, -0.05) is 32.0 Å². The summed E-state index contributed by atoms with van der Waals surface area (Å²) in [5.74, 6) is -1.00. The summed E-state index contributed by atoms with van der Waals surface area (Å²) in [5, 5.41) is 3.57. The highest BCUT2D eigenvalue weighted by Crippen LogP contribution is 2.24. The van der Waals surface area contributed by atoms with Crippen molar-refractivity contribution in [2.75, 3.05) is 26.2 Å². The molecule has 0 radical (unpaired) electrons. The molecule has 0 aliphatic heterocycles. The van der Waals surface area contributed by atoms with E-state index < -0.39 is 11.7 Å². The molecule has 5 heteroatoms. The van der Waals surface area contributed by atoms with E-state index >= 15 is 0 Å². The summed E-state index contributed by atoms with van der Waals surface area (Å²) in [6.07, 6.45) is 1.79. The number of hydrogen-bond donors (Lipinski definition) is 1. The van der Waals surface area contributed by atoms with Crippen LogP contribution in [0.15, 0.2) is 30.5 Å². The van der Waals surface area contributed by atoms with Crippen LogP contribution in [0.3, 0.4) is 0 Å². The van der Waals surface area contributed by atoms with Gasteiger partial charge in [0.25, 0.3) is 11.7 Å². The Morgan fingerprint density at radius 1 is 1.17 bits per heavy atom. The first kappa shape index (κ1) is 18.2. The maximum atomic E-state index is 12.6. The van der Waals surface area contributed by atoms with E-state index in [2.05, 4.69) is 37.9 Å². The average molecular weight is 329 g/mol. The third-order valence-corrected chi connectivity index (χ3v) is 4.36. The van der Waals surface area contributed by atoms with Gasteiger partial charge in [0.15, 0.2) is 0 Å². The second kappa shape index (κ2) is 8.11. The highest BCUT2D eigenvalue weighted by molar-refractivity contribution is 6.45. The lowest BCUT2D eigenvalue weighted by Gasteiger charge is -2.17. The monoisotopic (exact) mass is 329 g/mol. The van der Waals surface area contributed by atoms with Gasteiger partial charge < -0.3 is 14.8 Å². The minimum absolute atomic E-state index is 0.224. The van der Waals surface area contributed by atoms with Crippen LogP contribution in [-0.4, -0.2) is 47.3 Å². The van der Waals surface area contributed by atoms with E-state index in [4.69, 9.17) is 0 Å². The van der Waals surface area contributed by atoms with Crippen LogP contribution in [0, 0.1) is 0 Å². The summed E-state index contributed by atoms with van der Waals surface area (Å²) < 4.78 is 2.03. The lowest BCUT2D eigenvalue weighted by atomic mass is 10.1. The zero-order chi connectivity index (χ0) is 17.7. The fourth-order valence-corrected chi connectivity index (χ4v) is 2.88. The predicted molar refractivity (Wildman–Crippen MR) is 97.5 cm³/mol. The van der Waals surface area contributed by atoms with Crippen LogP contribution in [0.1, 0.15) is 44.1 Å². The van der Waals surface area contributed by atoms with Gasteiger partial charge in [0.05, 0.1) is 5.56 Å². The third kappa shape index (κ3) is 3.85. The lowest BCUT2D eigenvalue weighted by Crippen LogP contribution is -2.37. The number of likely N-dealkylation sites (N-methyl/N-ethyl adjacent to an activating group) is 1. The predicted octanol–water partition coefficient (Wildman–Crippen LogP) is 2.86. The van der Waals surface area contributed by atoms with Gasteiger partial charge in [0.2, 0.25) is 0 Å². The summed E-state index contributed by atoms with van der Waals surface area (Å²) in [7, 11) is 0. The molecular weight excluding hydrogens is 302 g/mol. The van der Waals surface area contributed by atoms with Crippen LogP contribution in [-0.2, 0) is 4.79 Å². The molecule has 1 amide bonds. The van der Waals surface area contributed by atoms with Crippen molar-refractivity contribution in [1.82, 2.24) is 14.8 Å². The number of benzene rings is 1. The largest absolute Gasteiger partial charge is 0.348 e. The lowest BCUT2D eigenvalue weighted by molar-refractivity contribution is -0.117. The van der Waals surface area contributed by atoms with Crippen LogP contribution >= 0.6 is 0 Å². The van der Waals surface area contributed by atoms with Crippen molar-refractivity contribution in [1.29, 1.82) is 0 Å². The summed E-state index contributed by atoms with van der Waals surface area (Å²) in [6, 6.07) is 7.93. The Labute approximate surface area is 143 Å². The van der Waals surface area contributed by atoms with E-state index in [1.54, 1.807) is 6.20 Å². The zero-order valence-corrected chi connectivity index (χ0v) is 15.0. The zero-order valence-electron chi connectivity index (χ0n) is 15.0. The Morgan fingerprint density at radius 3 is 2.46 bits per heavy atom. The van der Waals surface area contributed by atoms with Crippen molar-refractivity contribution >= 4 is 22.6 Å². The molecule has 1 N–H and O–H groups in total. The molecule has 0 bridgehead atoms. The number of nitrogens with one attached hydrogen (secondary N) is 1. The Balaban J connectivity index is 2.15. The summed E-state index contributed by atoms with van der Waals surface area (Å²) in [4.78, 5) is 27.0. The maximum Gasteiger partial charge on any atom is 0.292 e. The van der Waals surface area contributed by atoms with Gasteiger partial charge in [0, 0.05) is 36.2 Å². The van der Waals surface area contributed by atoms with E-state index in [1.807, 2.05) is 28.8 Å². The topological polar surface area (TPSA) is 54.3 Å². The van der Waals surface area contributed by atoms with Gasteiger partial charge >= 0.3 is 0 Å². The van der Waals surface area contributed by atoms with Crippen molar-refractivity contribution in [2.24, 2.45) is 0 Å². The minimum atomic E-state index is -0.534. The van der Waals surface area contributed by atoms with Crippen LogP contribution in [0.5, 0.6) is 0 Å². The molecule has 0 aliphatic rings. The van der Waals surface area contributed by atoms with E-state index in [0.29, 0.717) is 12.1 Å². The molecular formula is C19H27N3O2. The van der Waals surface area contributed by atoms with Gasteiger partial charge in [-0.05, 0) is 33.0 Å². The molecule has 0 spiro atoms. The number of para-hydroxylation sites is 1. The van der Waals surface area contributed by atoms with Crippen LogP contribution in [0.25, 0.3) is 10.9 Å². The second-order valence-corrected chi connectivity index (χ2v) is 6.17. The SMILES string of the molecule is CCN(CC)CCNC(=O)C(=O)c1cn(C(C)C)c2ccccc12. The van der Waals surface area contributed by atoms with Crippen molar-refractivity contribution in [3.8, 4) is 0 Å². The van der Waals surface area contributed by atoms with Gasteiger partial charge in [-0.15, -0.1) is 0 Å². The number of hydrogen-bond acceptors (Lipinski definition) is 3. The van der Waals surface area contributed by atoms with Crippen LogP contribution in [0.4, 0.5) is 0 Å². The van der Waals surface area contributed by atoms with Crippen LogP contribution in [0.2, 0.25) is 0 Å². The van der Waals surface area contributed by atoms with Crippen molar-refractivity contribution in [3.05, 3.63) is 36.0 Å². The third-order valence-electron chi connectivity index (χ3n) is 4.36. The molecule has 0 saturated carbocycles. The molecule has 24 heavy (non-hydrogen) atoms. The van der Waals surface area contributed by atoms with Crippen LogP contribution < -0.4 is 5.32 Å². The first-order valence-corrected chi connectivity index (χ1v) is 8.64. The van der Waals surface area contributed by atoms with E-state index in [-0.39, 0.29) is 6.04 Å². The van der Waals surface area contributed by atoms with E-state index in [9.17, 15) is 9.59 Å². The first-order chi connectivity index (χ1) is 11.5. The van der Waals surface area contributed by atoms with Gasteiger partial charge in [-0.25, -0.2) is 0 Å². The number of aromatic nitrogens is 1. The van der Waals surface area contributed by atoms with Crippen molar-refractivity contribution < 1.29 is 9.59 Å². The van der Waals surface area contributed by atoms with E-state index in [0.717, 1.165) is 30.5 Å². The van der Waals surface area contributed by atoms with Crippen molar-refractivity contribution in [2.45, 2.75) is 33.7 Å². The van der Waals surface area contributed by atoms with Gasteiger partial charge in [-0.2, -0.15) is 0 Å². The molecule has 0 aliphatic carbocycles. The van der Waals surface area contributed by atoms with E-state index in [1.165, 1.54) is 0 Å². The summed E-state index contributed by atoms with van der Waals surface area (Å²) in [6.45, 7) is 11.4. The molecule has 0 atom stereocenters. The number of carbonyl (C=O) groups excluding carboxylic acids is 2. The minimum Gasteiger partial charge on any atom is -0.348 e. The normalized spacial score (nSPS) is 11.4. The molecule has 0 unspecified atom stereocenters. The number of ketones is 1. The van der Waals surface area contributed by atoms with Gasteiger partial charge in [0.1, 0.15) is 0 Å². The number of rotatable bonds is 8. The second-order valence-electron chi connectivity index (χ2n) is 6.17. The molecule has 130 valence electrons. The Morgan fingerprint density at radius 2 is 1.83 bits per heavy atom. The number of amides is 1. The highest BCUT2D eigenvalue weighted by atomic mass is 16.2. The average Bonchev–Trinajstić information content (AvgIpc) is 2.97. The molecule has 2 rings (SSSR count). The molecule has 1 heterocycles. The fraction of sp³-hybridized carbons (Fsp3) is 0.474. The number of Topliss-reactive ketones (excluding diaryl/α,β-unsaturated/α-hetero) is 1. The molecule has 0 fully saturated rings. The smallest absolute Gasteiger partial charge is 0.292 e. The first-order valence-electron chi connectivity index (χ1n) is 8.64. The Kier molecular flexibility index (Phi) is 6.15. The Bertz CT molecular complexity index is 714. The highest BCUT2D eigenvalue weighted by Gasteiger charge is 2.21. The fourth-order valence-electron chi connectivity index (χ4n) is 2.88. The standard InChI is InChI=1S/C19H27N3O2/c1-5-21(6-2)12-11-20-19(24)18(23)16-13-22(14(3)4)17-10-8-7-9-15(16)17/h7-10,13-14H,5-6,11-12H2,1-4H3,(H,20,24). The molecule has 1 aromatic heterocycles. The maximum absolute atomic E-state index is 12.6. The molecule has 1 aromatic carbocycles. The Hall–Kier alpha value is -2.14. The quantitative estimate of drug-likeness (QED) is 0.598. The molecule has 2 aromatic rings. The number of nitrogens with zero attached hydrogens (tertiary/aromatic N) is 2. The number of fused-ring (bicyclic) bond motifs is 1. The molecule has 5 nitrogen and oxygen atoms in total. The summed E-state index contributed by atoms with van der Waals surface area (Å²) >= 11 is 0. The van der Waals surface area contributed by atoms with Gasteiger partial charge in [-0.3, -0.25) is 9.59 Å². The number of carbonyl (C=O) groups is 2. The van der Waals surface area contributed by atoms with Crippen molar-refractivity contribution in [3.63, 3.8) is 0 Å².